The first-order valence-corrected chi connectivity index (χ1v) is 13.8. The molecular weight excluding hydrogens is 492 g/mol. The summed E-state index contributed by atoms with van der Waals surface area (Å²) in [7, 11) is 0. The largest absolute Gasteiger partial charge is 0.490 e. The fourth-order valence-corrected chi connectivity index (χ4v) is 5.15. The van der Waals surface area contributed by atoms with Crippen molar-refractivity contribution in [1.29, 1.82) is 0 Å². The zero-order valence-electron chi connectivity index (χ0n) is 22.8. The Labute approximate surface area is 230 Å². The smallest absolute Gasteiger partial charge is 0.308 e. The number of amides is 2. The van der Waals surface area contributed by atoms with Gasteiger partial charge < -0.3 is 20.1 Å². The predicted molar refractivity (Wildman–Crippen MR) is 150 cm³/mol. The van der Waals surface area contributed by atoms with Crippen molar-refractivity contribution < 1.29 is 23.9 Å². The van der Waals surface area contributed by atoms with E-state index < -0.39 is 0 Å². The minimum absolute atomic E-state index is 0.0361. The third-order valence-corrected chi connectivity index (χ3v) is 7.42. The number of carbonyl (C=O) groups is 3. The maximum Gasteiger partial charge on any atom is 0.308 e. The minimum atomic E-state index is -0.227. The van der Waals surface area contributed by atoms with E-state index in [-0.39, 0.29) is 35.2 Å². The van der Waals surface area contributed by atoms with Crippen molar-refractivity contribution in [3.05, 3.63) is 89.5 Å². The van der Waals surface area contributed by atoms with E-state index in [9.17, 15) is 14.4 Å². The lowest BCUT2D eigenvalue weighted by molar-refractivity contribution is -0.149. The molecule has 2 aliphatic carbocycles. The molecule has 0 saturated heterocycles. The van der Waals surface area contributed by atoms with Crippen molar-refractivity contribution in [3.63, 3.8) is 0 Å². The van der Waals surface area contributed by atoms with E-state index in [0.717, 1.165) is 32.1 Å². The van der Waals surface area contributed by atoms with E-state index in [0.29, 0.717) is 36.6 Å². The van der Waals surface area contributed by atoms with Crippen molar-refractivity contribution in [3.8, 4) is 5.75 Å². The molecule has 0 spiro atoms. The molecule has 7 heteroatoms. The lowest BCUT2D eigenvalue weighted by Gasteiger charge is -2.29. The summed E-state index contributed by atoms with van der Waals surface area (Å²) in [5.74, 6) is 0.194. The molecule has 4 rings (SSSR count). The van der Waals surface area contributed by atoms with Gasteiger partial charge in [0.2, 0.25) is 0 Å². The van der Waals surface area contributed by atoms with Crippen LogP contribution >= 0.6 is 0 Å². The Balaban J connectivity index is 1.19. The normalized spacial score (nSPS) is 22.4. The van der Waals surface area contributed by atoms with E-state index in [4.69, 9.17) is 9.47 Å². The van der Waals surface area contributed by atoms with Crippen molar-refractivity contribution in [1.82, 2.24) is 10.6 Å². The highest BCUT2D eigenvalue weighted by Gasteiger charge is 2.29. The van der Waals surface area contributed by atoms with Crippen LogP contribution in [0, 0.1) is 5.92 Å². The maximum atomic E-state index is 12.7. The molecule has 0 heterocycles. The molecule has 39 heavy (non-hydrogen) atoms. The number of esters is 1. The maximum absolute atomic E-state index is 12.7. The molecule has 2 amide bonds. The van der Waals surface area contributed by atoms with Crippen molar-refractivity contribution in [2.45, 2.75) is 57.5 Å². The quantitative estimate of drug-likeness (QED) is 0.337. The molecule has 0 aliphatic heterocycles. The average molecular weight is 531 g/mol. The summed E-state index contributed by atoms with van der Waals surface area (Å²) in [5.41, 5.74) is 2.10. The molecule has 1 fully saturated rings. The summed E-state index contributed by atoms with van der Waals surface area (Å²) in [4.78, 5) is 37.2. The first-order chi connectivity index (χ1) is 18.9. The van der Waals surface area contributed by atoms with Crippen LogP contribution in [0.1, 0.15) is 61.9 Å². The molecule has 2 aliphatic rings. The Morgan fingerprint density at radius 1 is 0.897 bits per heavy atom. The van der Waals surface area contributed by atoms with Gasteiger partial charge in [-0.1, -0.05) is 55.5 Å². The van der Waals surface area contributed by atoms with Crippen LogP contribution in [0.4, 0.5) is 0 Å². The van der Waals surface area contributed by atoms with E-state index in [1.165, 1.54) is 5.56 Å². The van der Waals surface area contributed by atoms with E-state index in [1.54, 1.807) is 24.3 Å². The molecule has 206 valence electrons. The number of nitrogens with one attached hydrogen (secondary N) is 2. The molecule has 2 aromatic carbocycles. The molecule has 2 N–H and O–H groups in total. The van der Waals surface area contributed by atoms with Crippen LogP contribution in [-0.2, 0) is 19.7 Å². The summed E-state index contributed by atoms with van der Waals surface area (Å²) in [6, 6.07) is 17.2. The summed E-state index contributed by atoms with van der Waals surface area (Å²) >= 11 is 0. The molecule has 1 atom stereocenters. The van der Waals surface area contributed by atoms with Gasteiger partial charge in [-0.05, 0) is 68.9 Å². The average Bonchev–Trinajstić information content (AvgIpc) is 2.96. The molecule has 0 aromatic heterocycles. The summed E-state index contributed by atoms with van der Waals surface area (Å²) in [5, 5.41) is 5.75. The zero-order chi connectivity index (χ0) is 27.7. The molecule has 7 nitrogen and oxygen atoms in total. The van der Waals surface area contributed by atoms with Gasteiger partial charge in [-0.15, -0.1) is 0 Å². The Morgan fingerprint density at radius 2 is 1.56 bits per heavy atom. The monoisotopic (exact) mass is 530 g/mol. The Bertz CT molecular complexity index is 1200. The predicted octanol–water partition coefficient (Wildman–Crippen LogP) is 4.88. The number of benzene rings is 2. The Hall–Kier alpha value is -3.87. The Morgan fingerprint density at radius 3 is 2.23 bits per heavy atom. The third kappa shape index (κ3) is 7.59. The first kappa shape index (κ1) is 28.1. The standard InChI is InChI=1S/C32H38N2O5/c1-3-38-31(37)24-13-17-28(18-14-24)39-27-15-11-23(12-16-27)29(35)33-20-21-34-30(36)25-8-7-19-32(2,22-25)26-9-5-4-6-10-26/h4-12,15-16,22,24,28H,3,13-14,17-21H2,1-2H3,(H,33,35)(H,34,36). The third-order valence-electron chi connectivity index (χ3n) is 7.42. The SMILES string of the molecule is CCOC(=O)C1CCC(Oc2ccc(C(=O)NCCNC(=O)C3=CC(C)(c4ccccc4)CC=C3)cc2)CC1. The lowest BCUT2D eigenvalue weighted by Crippen LogP contribution is -2.36. The topological polar surface area (TPSA) is 93.7 Å². The van der Waals surface area contributed by atoms with Gasteiger partial charge in [0.15, 0.2) is 0 Å². The van der Waals surface area contributed by atoms with E-state index >= 15 is 0 Å². The van der Waals surface area contributed by atoms with Crippen LogP contribution < -0.4 is 15.4 Å². The van der Waals surface area contributed by atoms with Crippen LogP contribution in [0.25, 0.3) is 0 Å². The first-order valence-electron chi connectivity index (χ1n) is 13.8. The van der Waals surface area contributed by atoms with Gasteiger partial charge in [0.25, 0.3) is 11.8 Å². The lowest BCUT2D eigenvalue weighted by atomic mass is 9.75. The van der Waals surface area contributed by atoms with Crippen LogP contribution in [0.15, 0.2) is 78.4 Å². The van der Waals surface area contributed by atoms with Crippen molar-refractivity contribution >= 4 is 17.8 Å². The van der Waals surface area contributed by atoms with Crippen LogP contribution in [-0.4, -0.2) is 43.6 Å². The number of hydrogen-bond donors (Lipinski definition) is 2. The molecular formula is C32H38N2O5. The van der Waals surface area contributed by atoms with E-state index in [1.807, 2.05) is 43.4 Å². The fraction of sp³-hybridized carbons (Fsp3) is 0.406. The van der Waals surface area contributed by atoms with Gasteiger partial charge in [0.1, 0.15) is 5.75 Å². The second kappa shape index (κ2) is 13.3. The molecule has 0 radical (unpaired) electrons. The van der Waals surface area contributed by atoms with Gasteiger partial charge in [-0.3, -0.25) is 14.4 Å². The second-order valence-electron chi connectivity index (χ2n) is 10.4. The zero-order valence-corrected chi connectivity index (χ0v) is 22.8. The van der Waals surface area contributed by atoms with Crippen LogP contribution in [0.2, 0.25) is 0 Å². The highest BCUT2D eigenvalue weighted by atomic mass is 16.5. The number of carbonyl (C=O) groups excluding carboxylic acids is 3. The van der Waals surface area contributed by atoms with Crippen LogP contribution in [0.5, 0.6) is 5.75 Å². The van der Waals surface area contributed by atoms with Gasteiger partial charge in [0.05, 0.1) is 18.6 Å². The second-order valence-corrected chi connectivity index (χ2v) is 10.4. The van der Waals surface area contributed by atoms with Gasteiger partial charge in [0, 0.05) is 29.6 Å². The van der Waals surface area contributed by atoms with Crippen molar-refractivity contribution in [2.24, 2.45) is 5.92 Å². The number of ether oxygens (including phenoxy) is 2. The fourth-order valence-electron chi connectivity index (χ4n) is 5.15. The van der Waals surface area contributed by atoms with Crippen LogP contribution in [0.3, 0.4) is 0 Å². The summed E-state index contributed by atoms with van der Waals surface area (Å²) in [6.45, 7) is 5.01. The molecule has 0 bridgehead atoms. The molecule has 1 unspecified atom stereocenters. The Kier molecular flexibility index (Phi) is 9.58. The molecule has 2 aromatic rings. The van der Waals surface area contributed by atoms with Gasteiger partial charge in [-0.2, -0.15) is 0 Å². The number of hydrogen-bond acceptors (Lipinski definition) is 5. The summed E-state index contributed by atoms with van der Waals surface area (Å²) < 4.78 is 11.2. The number of rotatable bonds is 10. The molecule has 1 saturated carbocycles. The van der Waals surface area contributed by atoms with Crippen molar-refractivity contribution in [2.75, 3.05) is 19.7 Å². The highest BCUT2D eigenvalue weighted by Crippen LogP contribution is 2.34. The minimum Gasteiger partial charge on any atom is -0.490 e. The summed E-state index contributed by atoms with van der Waals surface area (Å²) in [6.07, 6.45) is 9.93. The van der Waals surface area contributed by atoms with Gasteiger partial charge >= 0.3 is 5.97 Å². The highest BCUT2D eigenvalue weighted by molar-refractivity contribution is 5.97. The van der Waals surface area contributed by atoms with E-state index in [2.05, 4.69) is 29.7 Å². The number of allylic oxidation sites excluding steroid dienone is 2. The van der Waals surface area contributed by atoms with Gasteiger partial charge in [-0.25, -0.2) is 0 Å².